The van der Waals surface area contributed by atoms with Gasteiger partial charge in [-0.15, -0.1) is 0 Å². The number of aliphatic hydroxyl groups is 1. The minimum atomic E-state index is -0.258. The molecule has 0 bridgehead atoms. The summed E-state index contributed by atoms with van der Waals surface area (Å²) in [7, 11) is 0. The number of carbonyl (C=O) groups excluding carboxylic acids is 1. The van der Waals surface area contributed by atoms with E-state index < -0.39 is 0 Å². The Labute approximate surface area is 89.7 Å². The van der Waals surface area contributed by atoms with Crippen LogP contribution >= 0.6 is 15.9 Å². The molecule has 0 aliphatic rings. The number of rotatable bonds is 4. The summed E-state index contributed by atoms with van der Waals surface area (Å²) in [6, 6.07) is 3.48. The van der Waals surface area contributed by atoms with Crippen molar-refractivity contribution in [2.45, 2.75) is 0 Å². The number of hydrogen-bond donors (Lipinski definition) is 2. The van der Waals surface area contributed by atoms with Gasteiger partial charge in [0.25, 0.3) is 0 Å². The minimum absolute atomic E-state index is 0.0636. The van der Waals surface area contributed by atoms with Gasteiger partial charge >= 0.3 is 0 Å². The van der Waals surface area contributed by atoms with Gasteiger partial charge < -0.3 is 14.8 Å². The van der Waals surface area contributed by atoms with Gasteiger partial charge in [0, 0.05) is 12.6 Å². The lowest BCUT2D eigenvalue weighted by Crippen LogP contribution is -2.24. The van der Waals surface area contributed by atoms with Gasteiger partial charge in [0.1, 0.15) is 5.76 Å². The van der Waals surface area contributed by atoms with Crippen LogP contribution in [0.4, 0.5) is 0 Å². The maximum atomic E-state index is 11.0. The van der Waals surface area contributed by atoms with Gasteiger partial charge in [-0.2, -0.15) is 0 Å². The van der Waals surface area contributed by atoms with Crippen molar-refractivity contribution in [1.29, 1.82) is 0 Å². The van der Waals surface area contributed by atoms with Gasteiger partial charge in [0.2, 0.25) is 5.91 Å². The average molecular weight is 260 g/mol. The zero-order valence-corrected chi connectivity index (χ0v) is 8.95. The summed E-state index contributed by atoms with van der Waals surface area (Å²) in [5.74, 6) is 0.336. The Balaban J connectivity index is 2.43. The van der Waals surface area contributed by atoms with Crippen LogP contribution in [0.5, 0.6) is 0 Å². The zero-order valence-electron chi connectivity index (χ0n) is 7.37. The molecule has 0 aliphatic heterocycles. The second-order valence-electron chi connectivity index (χ2n) is 2.49. The Bertz CT molecular complexity index is 333. The molecule has 4 nitrogen and oxygen atoms in total. The summed E-state index contributed by atoms with van der Waals surface area (Å²) in [6.45, 7) is 0.191. The van der Waals surface area contributed by atoms with Crippen molar-refractivity contribution in [3.05, 3.63) is 28.6 Å². The SMILES string of the molecule is O=C(/C=C/c1ccc(Br)o1)NCCO. The molecule has 76 valence electrons. The van der Waals surface area contributed by atoms with Crippen LogP contribution in [0.25, 0.3) is 6.08 Å². The quantitative estimate of drug-likeness (QED) is 0.798. The van der Waals surface area contributed by atoms with Gasteiger partial charge in [-0.05, 0) is 34.1 Å². The van der Waals surface area contributed by atoms with Crippen molar-refractivity contribution < 1.29 is 14.3 Å². The van der Waals surface area contributed by atoms with Crippen LogP contribution in [0, 0.1) is 0 Å². The van der Waals surface area contributed by atoms with E-state index in [1.807, 2.05) is 0 Å². The normalized spacial score (nSPS) is 10.7. The largest absolute Gasteiger partial charge is 0.450 e. The van der Waals surface area contributed by atoms with E-state index in [2.05, 4.69) is 21.2 Å². The van der Waals surface area contributed by atoms with Gasteiger partial charge in [-0.25, -0.2) is 0 Å². The van der Waals surface area contributed by atoms with Gasteiger partial charge in [0.05, 0.1) is 6.61 Å². The molecule has 0 aliphatic carbocycles. The van der Waals surface area contributed by atoms with E-state index in [1.165, 1.54) is 6.08 Å². The standard InChI is InChI=1S/C9H10BrNO3/c10-8-3-1-7(14-8)2-4-9(13)11-5-6-12/h1-4,12H,5-6H2,(H,11,13)/b4-2+. The number of hydrogen-bond acceptors (Lipinski definition) is 3. The molecular formula is C9H10BrNO3. The molecule has 2 N–H and O–H groups in total. The van der Waals surface area contributed by atoms with Crippen LogP contribution in [-0.2, 0) is 4.79 Å². The maximum absolute atomic E-state index is 11.0. The zero-order chi connectivity index (χ0) is 10.4. The molecule has 0 atom stereocenters. The molecule has 0 aromatic carbocycles. The minimum Gasteiger partial charge on any atom is -0.450 e. The topological polar surface area (TPSA) is 62.5 Å². The van der Waals surface area contributed by atoms with Crippen LogP contribution in [0.15, 0.2) is 27.3 Å². The Kier molecular flexibility index (Phi) is 4.42. The molecule has 0 fully saturated rings. The molecule has 0 spiro atoms. The van der Waals surface area contributed by atoms with E-state index in [1.54, 1.807) is 18.2 Å². The molecule has 0 saturated carbocycles. The molecule has 1 aromatic heterocycles. The van der Waals surface area contributed by atoms with Gasteiger partial charge in [-0.1, -0.05) is 0 Å². The Morgan fingerprint density at radius 2 is 2.43 bits per heavy atom. The summed E-state index contributed by atoms with van der Waals surface area (Å²) in [6.07, 6.45) is 2.90. The number of carbonyl (C=O) groups is 1. The third-order valence-electron chi connectivity index (χ3n) is 1.40. The molecule has 1 rings (SSSR count). The van der Waals surface area contributed by atoms with Crippen molar-refractivity contribution in [3.8, 4) is 0 Å². The number of furan rings is 1. The van der Waals surface area contributed by atoms with Gasteiger partial charge in [0.15, 0.2) is 4.67 Å². The molecular weight excluding hydrogens is 250 g/mol. The molecule has 1 aromatic rings. The fourth-order valence-corrected chi connectivity index (χ4v) is 1.13. The maximum Gasteiger partial charge on any atom is 0.244 e. The average Bonchev–Trinajstić information content (AvgIpc) is 2.58. The summed E-state index contributed by atoms with van der Waals surface area (Å²) < 4.78 is 5.76. The Morgan fingerprint density at radius 3 is 3.00 bits per heavy atom. The highest BCUT2D eigenvalue weighted by Gasteiger charge is 1.96. The van der Waals surface area contributed by atoms with E-state index in [0.717, 1.165) is 0 Å². The van der Waals surface area contributed by atoms with Crippen molar-refractivity contribution in [2.75, 3.05) is 13.2 Å². The van der Waals surface area contributed by atoms with E-state index >= 15 is 0 Å². The van der Waals surface area contributed by atoms with Crippen LogP contribution in [-0.4, -0.2) is 24.2 Å². The van der Waals surface area contributed by atoms with Crippen molar-refractivity contribution >= 4 is 27.9 Å². The smallest absolute Gasteiger partial charge is 0.244 e. The predicted octanol–water partition coefficient (Wildman–Crippen LogP) is 1.16. The van der Waals surface area contributed by atoms with Crippen molar-refractivity contribution in [1.82, 2.24) is 5.32 Å². The van der Waals surface area contributed by atoms with E-state index in [4.69, 9.17) is 9.52 Å². The summed E-state index contributed by atoms with van der Waals surface area (Å²) in [5.41, 5.74) is 0. The van der Waals surface area contributed by atoms with Crippen LogP contribution < -0.4 is 5.32 Å². The molecule has 5 heteroatoms. The molecule has 0 radical (unpaired) electrons. The summed E-state index contributed by atoms with van der Waals surface area (Å²) in [4.78, 5) is 11.0. The number of amides is 1. The fourth-order valence-electron chi connectivity index (χ4n) is 0.814. The molecule has 1 amide bonds. The van der Waals surface area contributed by atoms with Crippen molar-refractivity contribution in [2.24, 2.45) is 0 Å². The highest BCUT2D eigenvalue weighted by atomic mass is 79.9. The second-order valence-corrected chi connectivity index (χ2v) is 3.27. The molecule has 1 heterocycles. The predicted molar refractivity (Wildman–Crippen MR) is 55.5 cm³/mol. The van der Waals surface area contributed by atoms with Gasteiger partial charge in [-0.3, -0.25) is 4.79 Å². The monoisotopic (exact) mass is 259 g/mol. The van der Waals surface area contributed by atoms with E-state index in [-0.39, 0.29) is 19.1 Å². The number of aliphatic hydroxyl groups excluding tert-OH is 1. The molecule has 0 saturated heterocycles. The highest BCUT2D eigenvalue weighted by molar-refractivity contribution is 9.10. The first-order valence-electron chi connectivity index (χ1n) is 4.04. The lowest BCUT2D eigenvalue weighted by Gasteiger charge is -1.95. The lowest BCUT2D eigenvalue weighted by atomic mass is 10.4. The summed E-state index contributed by atoms with van der Waals surface area (Å²) >= 11 is 3.15. The number of nitrogens with one attached hydrogen (secondary N) is 1. The van der Waals surface area contributed by atoms with Crippen molar-refractivity contribution in [3.63, 3.8) is 0 Å². The fraction of sp³-hybridized carbons (Fsp3) is 0.222. The number of halogens is 1. The lowest BCUT2D eigenvalue weighted by molar-refractivity contribution is -0.116. The first-order chi connectivity index (χ1) is 6.72. The van der Waals surface area contributed by atoms with E-state index in [0.29, 0.717) is 10.4 Å². The molecule has 0 unspecified atom stereocenters. The first kappa shape index (κ1) is 11.0. The van der Waals surface area contributed by atoms with Crippen LogP contribution in [0.3, 0.4) is 0 Å². The third-order valence-corrected chi connectivity index (χ3v) is 1.83. The van der Waals surface area contributed by atoms with Crippen LogP contribution in [0.1, 0.15) is 5.76 Å². The summed E-state index contributed by atoms with van der Waals surface area (Å²) in [5, 5.41) is 10.9. The second kappa shape index (κ2) is 5.62. The molecule has 14 heavy (non-hydrogen) atoms. The Hall–Kier alpha value is -1.07. The Morgan fingerprint density at radius 1 is 1.64 bits per heavy atom. The van der Waals surface area contributed by atoms with E-state index in [9.17, 15) is 4.79 Å². The third kappa shape index (κ3) is 3.76. The highest BCUT2D eigenvalue weighted by Crippen LogP contribution is 2.14. The first-order valence-corrected chi connectivity index (χ1v) is 4.84. The van der Waals surface area contributed by atoms with Crippen LogP contribution in [0.2, 0.25) is 0 Å².